The lowest BCUT2D eigenvalue weighted by molar-refractivity contribution is 0.0793. The van der Waals surface area contributed by atoms with Crippen LogP contribution in [-0.2, 0) is 4.74 Å². The van der Waals surface area contributed by atoms with Gasteiger partial charge in [-0.2, -0.15) is 0 Å². The molecule has 0 radical (unpaired) electrons. The minimum Gasteiger partial charge on any atom is -0.380 e. The molecule has 0 aromatic heterocycles. The molecule has 1 heterocycles. The standard InChI is InChI=1S/C13H28N2O/c1-4-12-11-15(9-10-16-6-3)8-7-13(12)14-5-2/h12-14H,4-11H2,1-3H3. The van der Waals surface area contributed by atoms with E-state index in [2.05, 4.69) is 31.0 Å². The van der Waals surface area contributed by atoms with Gasteiger partial charge in [-0.3, -0.25) is 0 Å². The van der Waals surface area contributed by atoms with Gasteiger partial charge in [-0.1, -0.05) is 20.3 Å². The lowest BCUT2D eigenvalue weighted by Crippen LogP contribution is -2.49. The van der Waals surface area contributed by atoms with Crippen molar-refractivity contribution in [2.75, 3.05) is 39.4 Å². The number of piperidine rings is 1. The lowest BCUT2D eigenvalue weighted by atomic mass is 9.90. The van der Waals surface area contributed by atoms with Crippen molar-refractivity contribution in [2.45, 2.75) is 39.7 Å². The molecule has 0 bridgehead atoms. The Kier molecular flexibility index (Phi) is 7.01. The van der Waals surface area contributed by atoms with Crippen LogP contribution in [0.1, 0.15) is 33.6 Å². The first-order valence-electron chi connectivity index (χ1n) is 6.85. The van der Waals surface area contributed by atoms with Crippen LogP contribution in [-0.4, -0.2) is 50.3 Å². The fourth-order valence-corrected chi connectivity index (χ4v) is 2.59. The quantitative estimate of drug-likeness (QED) is 0.672. The molecule has 1 fully saturated rings. The van der Waals surface area contributed by atoms with E-state index in [4.69, 9.17) is 4.74 Å². The maximum Gasteiger partial charge on any atom is 0.0593 e. The van der Waals surface area contributed by atoms with Gasteiger partial charge in [0.2, 0.25) is 0 Å². The number of nitrogens with one attached hydrogen (secondary N) is 1. The highest BCUT2D eigenvalue weighted by molar-refractivity contribution is 4.84. The van der Waals surface area contributed by atoms with E-state index in [1.54, 1.807) is 0 Å². The lowest BCUT2D eigenvalue weighted by Gasteiger charge is -2.38. The molecule has 0 saturated carbocycles. The first kappa shape index (κ1) is 13.9. The van der Waals surface area contributed by atoms with Crippen LogP contribution in [0.2, 0.25) is 0 Å². The molecule has 0 aliphatic carbocycles. The largest absolute Gasteiger partial charge is 0.380 e. The van der Waals surface area contributed by atoms with Crippen molar-refractivity contribution < 1.29 is 4.74 Å². The molecule has 3 nitrogen and oxygen atoms in total. The van der Waals surface area contributed by atoms with E-state index >= 15 is 0 Å². The number of rotatable bonds is 7. The van der Waals surface area contributed by atoms with Crippen LogP contribution in [0.25, 0.3) is 0 Å². The summed E-state index contributed by atoms with van der Waals surface area (Å²) in [5.41, 5.74) is 0. The van der Waals surface area contributed by atoms with Gasteiger partial charge in [0.25, 0.3) is 0 Å². The maximum absolute atomic E-state index is 5.42. The predicted octanol–water partition coefficient (Wildman–Crippen LogP) is 1.73. The molecule has 3 heteroatoms. The van der Waals surface area contributed by atoms with E-state index in [0.717, 1.165) is 38.3 Å². The number of hydrogen-bond acceptors (Lipinski definition) is 3. The first-order valence-corrected chi connectivity index (χ1v) is 6.85. The Morgan fingerprint density at radius 2 is 2.12 bits per heavy atom. The molecular weight excluding hydrogens is 200 g/mol. The third-order valence-electron chi connectivity index (χ3n) is 3.56. The number of ether oxygens (including phenoxy) is 1. The van der Waals surface area contributed by atoms with Gasteiger partial charge in [-0.15, -0.1) is 0 Å². The van der Waals surface area contributed by atoms with Crippen molar-refractivity contribution >= 4 is 0 Å². The third-order valence-corrected chi connectivity index (χ3v) is 3.56. The van der Waals surface area contributed by atoms with Crippen molar-refractivity contribution in [1.29, 1.82) is 0 Å². The van der Waals surface area contributed by atoms with Crippen molar-refractivity contribution in [3.05, 3.63) is 0 Å². The Bertz CT molecular complexity index is 175. The Morgan fingerprint density at radius 1 is 1.31 bits per heavy atom. The predicted molar refractivity (Wildman–Crippen MR) is 68.8 cm³/mol. The minimum atomic E-state index is 0.735. The molecule has 0 spiro atoms. The molecule has 2 atom stereocenters. The summed E-state index contributed by atoms with van der Waals surface area (Å²) in [7, 11) is 0. The number of nitrogens with zero attached hydrogens (tertiary/aromatic N) is 1. The molecule has 1 saturated heterocycles. The molecule has 1 aliphatic heterocycles. The zero-order valence-electron chi connectivity index (χ0n) is 11.2. The molecule has 1 aliphatic rings. The van der Waals surface area contributed by atoms with Crippen LogP contribution in [0.15, 0.2) is 0 Å². The number of likely N-dealkylation sites (tertiary alicyclic amines) is 1. The average molecular weight is 228 g/mol. The van der Waals surface area contributed by atoms with E-state index in [1.807, 2.05) is 0 Å². The summed E-state index contributed by atoms with van der Waals surface area (Å²) >= 11 is 0. The molecular formula is C13H28N2O. The maximum atomic E-state index is 5.42. The molecule has 0 aromatic carbocycles. The van der Waals surface area contributed by atoms with E-state index < -0.39 is 0 Å². The van der Waals surface area contributed by atoms with E-state index in [-0.39, 0.29) is 0 Å². The fourth-order valence-electron chi connectivity index (χ4n) is 2.59. The minimum absolute atomic E-state index is 0.735. The van der Waals surface area contributed by atoms with Gasteiger partial charge in [0.1, 0.15) is 0 Å². The smallest absolute Gasteiger partial charge is 0.0593 e. The van der Waals surface area contributed by atoms with Gasteiger partial charge < -0.3 is 15.0 Å². The average Bonchev–Trinajstić information content (AvgIpc) is 2.31. The van der Waals surface area contributed by atoms with Gasteiger partial charge >= 0.3 is 0 Å². The molecule has 16 heavy (non-hydrogen) atoms. The molecule has 0 aromatic rings. The zero-order valence-corrected chi connectivity index (χ0v) is 11.2. The summed E-state index contributed by atoms with van der Waals surface area (Å²) in [6, 6.07) is 0.735. The molecule has 0 amide bonds. The monoisotopic (exact) mass is 228 g/mol. The highest BCUT2D eigenvalue weighted by Crippen LogP contribution is 2.19. The Balaban J connectivity index is 2.28. The zero-order chi connectivity index (χ0) is 11.8. The number of hydrogen-bond donors (Lipinski definition) is 1. The van der Waals surface area contributed by atoms with Crippen LogP contribution in [0.5, 0.6) is 0 Å². The summed E-state index contributed by atoms with van der Waals surface area (Å²) in [4.78, 5) is 2.55. The topological polar surface area (TPSA) is 24.5 Å². The van der Waals surface area contributed by atoms with Crippen molar-refractivity contribution in [3.63, 3.8) is 0 Å². The summed E-state index contributed by atoms with van der Waals surface area (Å²) in [5, 5.41) is 3.62. The summed E-state index contributed by atoms with van der Waals surface area (Å²) in [6.45, 7) is 13.0. The van der Waals surface area contributed by atoms with Crippen molar-refractivity contribution in [3.8, 4) is 0 Å². The normalized spacial score (nSPS) is 27.2. The summed E-state index contributed by atoms with van der Waals surface area (Å²) in [6.07, 6.45) is 2.57. The van der Waals surface area contributed by atoms with Crippen LogP contribution in [0.3, 0.4) is 0 Å². The van der Waals surface area contributed by atoms with Crippen LogP contribution in [0, 0.1) is 5.92 Å². The second-order valence-electron chi connectivity index (χ2n) is 4.62. The molecule has 2 unspecified atom stereocenters. The molecule has 96 valence electrons. The highest BCUT2D eigenvalue weighted by atomic mass is 16.5. The van der Waals surface area contributed by atoms with Gasteiger partial charge in [-0.05, 0) is 32.4 Å². The SMILES string of the molecule is CCNC1CCN(CCOCC)CC1CC. The van der Waals surface area contributed by atoms with E-state index in [0.29, 0.717) is 0 Å². The van der Waals surface area contributed by atoms with Crippen molar-refractivity contribution in [1.82, 2.24) is 10.2 Å². The summed E-state index contributed by atoms with van der Waals surface area (Å²) < 4.78 is 5.42. The Labute approximate surface area is 101 Å². The summed E-state index contributed by atoms with van der Waals surface area (Å²) in [5.74, 6) is 0.815. The highest BCUT2D eigenvalue weighted by Gasteiger charge is 2.26. The van der Waals surface area contributed by atoms with Gasteiger partial charge in [-0.25, -0.2) is 0 Å². The Morgan fingerprint density at radius 3 is 2.75 bits per heavy atom. The molecule has 1 rings (SSSR count). The van der Waals surface area contributed by atoms with Crippen molar-refractivity contribution in [2.24, 2.45) is 5.92 Å². The second-order valence-corrected chi connectivity index (χ2v) is 4.62. The third kappa shape index (κ3) is 4.40. The van der Waals surface area contributed by atoms with Crippen LogP contribution in [0.4, 0.5) is 0 Å². The van der Waals surface area contributed by atoms with Gasteiger partial charge in [0.15, 0.2) is 0 Å². The van der Waals surface area contributed by atoms with Crippen LogP contribution >= 0.6 is 0 Å². The molecule has 1 N–H and O–H groups in total. The fraction of sp³-hybridized carbons (Fsp3) is 1.00. The van der Waals surface area contributed by atoms with Crippen LogP contribution < -0.4 is 5.32 Å². The van der Waals surface area contributed by atoms with E-state index in [9.17, 15) is 0 Å². The first-order chi connectivity index (χ1) is 7.81. The van der Waals surface area contributed by atoms with E-state index in [1.165, 1.54) is 25.9 Å². The van der Waals surface area contributed by atoms with Gasteiger partial charge in [0.05, 0.1) is 6.61 Å². The van der Waals surface area contributed by atoms with Gasteiger partial charge in [0, 0.05) is 25.7 Å². The Hall–Kier alpha value is -0.120. The second kappa shape index (κ2) is 8.04.